The second kappa shape index (κ2) is 6.86. The Morgan fingerprint density at radius 2 is 1.88 bits per heavy atom. The van der Waals surface area contributed by atoms with Crippen LogP contribution in [0.3, 0.4) is 0 Å². The van der Waals surface area contributed by atoms with Crippen molar-refractivity contribution in [2.45, 2.75) is 38.8 Å². The number of carbonyl (C=O) groups excluding carboxylic acids is 1. The maximum atomic E-state index is 12.6. The second-order valence-electron chi connectivity index (χ2n) is 6.80. The number of carboxylic acid groups (broad SMARTS) is 1. The number of aromatic nitrogens is 2. The Balaban J connectivity index is 2.20. The Labute approximate surface area is 141 Å². The highest BCUT2D eigenvalue weighted by atomic mass is 16.4. The van der Waals surface area contributed by atoms with Crippen LogP contribution in [0.15, 0.2) is 42.7 Å². The van der Waals surface area contributed by atoms with E-state index in [0.29, 0.717) is 5.56 Å². The fraction of sp³-hybridized carbons (Fsp3) is 0.389. The Morgan fingerprint density at radius 1 is 1.25 bits per heavy atom. The molecule has 0 saturated carbocycles. The average Bonchev–Trinajstić information content (AvgIpc) is 3.02. The normalized spacial score (nSPS) is 12.7. The lowest BCUT2D eigenvalue weighted by Gasteiger charge is -2.24. The third kappa shape index (κ3) is 4.01. The number of amides is 1. The zero-order valence-electron chi connectivity index (χ0n) is 14.4. The number of likely N-dealkylation sites (N-methyl/N-ethyl adjacent to an activating group) is 1. The largest absolute Gasteiger partial charge is 0.480 e. The molecule has 0 aliphatic rings. The summed E-state index contributed by atoms with van der Waals surface area (Å²) in [5.74, 6) is -1.38. The first-order chi connectivity index (χ1) is 11.2. The molecule has 0 fully saturated rings. The second-order valence-corrected chi connectivity index (χ2v) is 6.80. The molecule has 24 heavy (non-hydrogen) atoms. The van der Waals surface area contributed by atoms with E-state index in [2.05, 4.69) is 5.10 Å². The van der Waals surface area contributed by atoms with Crippen molar-refractivity contribution in [2.24, 2.45) is 0 Å². The van der Waals surface area contributed by atoms with E-state index in [0.717, 1.165) is 5.56 Å². The molecule has 1 amide bonds. The number of hydrogen-bond donors (Lipinski definition) is 1. The molecule has 6 heteroatoms. The lowest BCUT2D eigenvalue weighted by atomic mass is 10.0. The van der Waals surface area contributed by atoms with Crippen LogP contribution in [0.1, 0.15) is 36.7 Å². The van der Waals surface area contributed by atoms with Gasteiger partial charge in [0.25, 0.3) is 5.91 Å². The molecular formula is C18H23N3O3. The molecule has 1 aromatic carbocycles. The topological polar surface area (TPSA) is 75.4 Å². The average molecular weight is 329 g/mol. The molecule has 0 unspecified atom stereocenters. The summed E-state index contributed by atoms with van der Waals surface area (Å²) in [4.78, 5) is 25.5. The fourth-order valence-corrected chi connectivity index (χ4v) is 2.37. The van der Waals surface area contributed by atoms with Gasteiger partial charge in [0, 0.05) is 19.7 Å². The van der Waals surface area contributed by atoms with Gasteiger partial charge in [-0.1, -0.05) is 30.3 Å². The summed E-state index contributed by atoms with van der Waals surface area (Å²) in [6.07, 6.45) is 3.39. The summed E-state index contributed by atoms with van der Waals surface area (Å²) in [6.45, 7) is 5.94. The van der Waals surface area contributed by atoms with Gasteiger partial charge < -0.3 is 10.0 Å². The molecule has 1 atom stereocenters. The quantitative estimate of drug-likeness (QED) is 0.914. The van der Waals surface area contributed by atoms with E-state index in [1.165, 1.54) is 18.1 Å². The van der Waals surface area contributed by atoms with Gasteiger partial charge in [-0.05, 0) is 26.3 Å². The van der Waals surface area contributed by atoms with Gasteiger partial charge in [0.2, 0.25) is 0 Å². The third-order valence-corrected chi connectivity index (χ3v) is 3.86. The number of rotatable bonds is 5. The fourth-order valence-electron chi connectivity index (χ4n) is 2.37. The van der Waals surface area contributed by atoms with Crippen molar-refractivity contribution in [3.05, 3.63) is 53.9 Å². The Hall–Kier alpha value is -2.63. The maximum Gasteiger partial charge on any atom is 0.326 e. The van der Waals surface area contributed by atoms with Crippen molar-refractivity contribution in [3.63, 3.8) is 0 Å². The van der Waals surface area contributed by atoms with Gasteiger partial charge in [-0.15, -0.1) is 0 Å². The number of aliphatic carboxylic acids is 1. The molecular weight excluding hydrogens is 306 g/mol. The summed E-state index contributed by atoms with van der Waals surface area (Å²) in [7, 11) is 1.51. The zero-order chi connectivity index (χ0) is 17.9. The van der Waals surface area contributed by atoms with E-state index in [4.69, 9.17) is 0 Å². The highest BCUT2D eigenvalue weighted by Gasteiger charge is 2.28. The molecule has 128 valence electrons. The number of carboxylic acids is 1. The van der Waals surface area contributed by atoms with E-state index >= 15 is 0 Å². The molecule has 0 radical (unpaired) electrons. The summed E-state index contributed by atoms with van der Waals surface area (Å²) in [5, 5.41) is 13.7. The summed E-state index contributed by atoms with van der Waals surface area (Å²) in [5.41, 5.74) is 1.01. The van der Waals surface area contributed by atoms with E-state index < -0.39 is 12.0 Å². The van der Waals surface area contributed by atoms with Crippen LogP contribution < -0.4 is 0 Å². The number of hydrogen-bond acceptors (Lipinski definition) is 3. The van der Waals surface area contributed by atoms with Crippen LogP contribution in [0.5, 0.6) is 0 Å². The number of carbonyl (C=O) groups is 2. The molecule has 0 spiro atoms. The Bertz CT molecular complexity index is 717. The third-order valence-electron chi connectivity index (χ3n) is 3.86. The minimum atomic E-state index is -1.03. The van der Waals surface area contributed by atoms with Crippen LogP contribution in [0, 0.1) is 0 Å². The summed E-state index contributed by atoms with van der Waals surface area (Å²) < 4.78 is 1.70. The highest BCUT2D eigenvalue weighted by molar-refractivity contribution is 5.96. The molecule has 2 aromatic rings. The molecule has 0 bridgehead atoms. The minimum Gasteiger partial charge on any atom is -0.480 e. The van der Waals surface area contributed by atoms with Gasteiger partial charge in [0.05, 0.1) is 17.3 Å². The molecule has 1 N–H and O–H groups in total. The van der Waals surface area contributed by atoms with Crippen LogP contribution >= 0.6 is 0 Å². The smallest absolute Gasteiger partial charge is 0.326 e. The predicted octanol–water partition coefficient (Wildman–Crippen LogP) is 2.41. The van der Waals surface area contributed by atoms with E-state index in [9.17, 15) is 14.7 Å². The van der Waals surface area contributed by atoms with Crippen LogP contribution in [0.2, 0.25) is 0 Å². The van der Waals surface area contributed by atoms with Crippen molar-refractivity contribution in [1.82, 2.24) is 14.7 Å². The highest BCUT2D eigenvalue weighted by Crippen LogP contribution is 2.16. The molecule has 2 rings (SSSR count). The predicted molar refractivity (Wildman–Crippen MR) is 90.9 cm³/mol. The minimum absolute atomic E-state index is 0.243. The van der Waals surface area contributed by atoms with Gasteiger partial charge in [0.15, 0.2) is 0 Å². The molecule has 6 nitrogen and oxygen atoms in total. The van der Waals surface area contributed by atoms with E-state index in [1.807, 2.05) is 51.1 Å². The Morgan fingerprint density at radius 3 is 2.38 bits per heavy atom. The van der Waals surface area contributed by atoms with Crippen LogP contribution in [0.25, 0.3) is 0 Å². The van der Waals surface area contributed by atoms with Crippen molar-refractivity contribution < 1.29 is 14.7 Å². The monoisotopic (exact) mass is 329 g/mol. The summed E-state index contributed by atoms with van der Waals surface area (Å²) in [6, 6.07) is 8.34. The lowest BCUT2D eigenvalue weighted by molar-refractivity contribution is -0.141. The van der Waals surface area contributed by atoms with Crippen LogP contribution in [0.4, 0.5) is 0 Å². The molecule has 0 aliphatic carbocycles. The van der Waals surface area contributed by atoms with Crippen LogP contribution in [-0.2, 0) is 16.8 Å². The van der Waals surface area contributed by atoms with E-state index in [-0.39, 0.29) is 17.9 Å². The van der Waals surface area contributed by atoms with Crippen molar-refractivity contribution in [3.8, 4) is 0 Å². The molecule has 1 heterocycles. The van der Waals surface area contributed by atoms with Crippen molar-refractivity contribution >= 4 is 11.9 Å². The molecule has 0 aliphatic heterocycles. The van der Waals surface area contributed by atoms with Gasteiger partial charge in [-0.3, -0.25) is 9.48 Å². The van der Waals surface area contributed by atoms with Crippen LogP contribution in [-0.4, -0.2) is 44.8 Å². The van der Waals surface area contributed by atoms with Gasteiger partial charge in [-0.25, -0.2) is 4.79 Å². The zero-order valence-corrected chi connectivity index (χ0v) is 14.4. The lowest BCUT2D eigenvalue weighted by Crippen LogP contribution is -2.43. The SMILES string of the molecule is CN(C(=O)c1cnn(C(C)(C)C)c1)[C@@H](Cc1ccccc1)C(=O)O. The molecule has 0 saturated heterocycles. The Kier molecular flexibility index (Phi) is 5.07. The first-order valence-corrected chi connectivity index (χ1v) is 7.79. The van der Waals surface area contributed by atoms with Crippen molar-refractivity contribution in [1.29, 1.82) is 0 Å². The molecule has 1 aromatic heterocycles. The first kappa shape index (κ1) is 17.7. The van der Waals surface area contributed by atoms with Gasteiger partial charge in [0.1, 0.15) is 6.04 Å². The van der Waals surface area contributed by atoms with Gasteiger partial charge in [-0.2, -0.15) is 5.10 Å². The number of nitrogens with zero attached hydrogens (tertiary/aromatic N) is 3. The number of benzene rings is 1. The first-order valence-electron chi connectivity index (χ1n) is 7.79. The maximum absolute atomic E-state index is 12.6. The van der Waals surface area contributed by atoms with E-state index in [1.54, 1.807) is 10.9 Å². The standard InChI is InChI=1S/C18H23N3O3/c1-18(2,3)21-12-14(11-19-21)16(22)20(4)15(17(23)24)10-13-8-6-5-7-9-13/h5-9,11-12,15H,10H2,1-4H3,(H,23,24)/t15-/m0/s1. The summed E-state index contributed by atoms with van der Waals surface area (Å²) >= 11 is 0. The van der Waals surface area contributed by atoms with Crippen molar-refractivity contribution in [2.75, 3.05) is 7.05 Å². The van der Waals surface area contributed by atoms with Gasteiger partial charge >= 0.3 is 5.97 Å².